The van der Waals surface area contributed by atoms with Crippen molar-refractivity contribution in [1.29, 1.82) is 0 Å². The molecule has 0 saturated carbocycles. The largest absolute Gasteiger partial charge is 0.545 e. The fraction of sp³-hybridized carbons (Fsp3) is 0.133. The Morgan fingerprint density at radius 3 is 2.41 bits per heavy atom. The number of hydrogen-bond acceptors (Lipinski definition) is 4. The van der Waals surface area contributed by atoms with E-state index in [1.54, 1.807) is 42.9 Å². The Labute approximate surface area is 126 Å². The molecule has 0 aliphatic heterocycles. The van der Waals surface area contributed by atoms with Gasteiger partial charge in [0.1, 0.15) is 5.69 Å². The number of benzene rings is 1. The highest BCUT2D eigenvalue weighted by molar-refractivity contribution is 6.02. The van der Waals surface area contributed by atoms with Gasteiger partial charge in [-0.25, -0.2) is 4.68 Å². The van der Waals surface area contributed by atoms with Crippen molar-refractivity contribution in [3.8, 4) is 5.69 Å². The topological polar surface area (TPSA) is 96.2 Å². The van der Waals surface area contributed by atoms with Crippen LogP contribution in [0, 0.1) is 6.92 Å². The number of nitrogens with zero attached hydrogens (tertiary/aromatic N) is 2. The molecule has 114 valence electrons. The Morgan fingerprint density at radius 2 is 1.82 bits per heavy atom. The van der Waals surface area contributed by atoms with Gasteiger partial charge in [-0.15, -0.1) is 0 Å². The van der Waals surface area contributed by atoms with Crippen LogP contribution < -0.4 is 16.0 Å². The Bertz CT molecular complexity index is 800. The first-order chi connectivity index (χ1) is 10.4. The third-order valence-electron chi connectivity index (χ3n) is 3.17. The van der Waals surface area contributed by atoms with E-state index in [1.807, 2.05) is 6.07 Å². The Balaban J connectivity index is 2.41. The predicted octanol–water partition coefficient (Wildman–Crippen LogP) is -0.271. The van der Waals surface area contributed by atoms with Crippen molar-refractivity contribution in [2.24, 2.45) is 7.05 Å². The van der Waals surface area contributed by atoms with E-state index in [2.05, 4.69) is 5.32 Å². The molecule has 2 aromatic rings. The van der Waals surface area contributed by atoms with E-state index in [4.69, 9.17) is 0 Å². The van der Waals surface area contributed by atoms with Crippen LogP contribution in [0.1, 0.15) is 5.69 Å². The molecule has 0 fully saturated rings. The Hall–Kier alpha value is -3.09. The Kier molecular flexibility index (Phi) is 4.26. The lowest BCUT2D eigenvalue weighted by atomic mass is 10.3. The number of amides is 1. The third-order valence-corrected chi connectivity index (χ3v) is 3.17. The van der Waals surface area contributed by atoms with Gasteiger partial charge in [-0.05, 0) is 25.1 Å². The summed E-state index contributed by atoms with van der Waals surface area (Å²) in [6.45, 7) is 1.68. The highest BCUT2D eigenvalue weighted by atomic mass is 16.4. The molecule has 1 aromatic heterocycles. The number of aliphatic carboxylic acids is 1. The molecule has 1 amide bonds. The van der Waals surface area contributed by atoms with Gasteiger partial charge in [0.2, 0.25) is 5.91 Å². The van der Waals surface area contributed by atoms with Gasteiger partial charge in [0.25, 0.3) is 5.56 Å². The fourth-order valence-electron chi connectivity index (χ4n) is 2.02. The molecule has 7 nitrogen and oxygen atoms in total. The van der Waals surface area contributed by atoms with Gasteiger partial charge in [-0.3, -0.25) is 14.3 Å². The molecule has 0 spiro atoms. The molecular formula is C15H14N3O4-. The summed E-state index contributed by atoms with van der Waals surface area (Å²) in [7, 11) is 1.69. The van der Waals surface area contributed by atoms with Gasteiger partial charge in [-0.2, -0.15) is 0 Å². The second-order valence-corrected chi connectivity index (χ2v) is 4.58. The monoisotopic (exact) mass is 300 g/mol. The van der Waals surface area contributed by atoms with Crippen LogP contribution in [-0.2, 0) is 16.6 Å². The van der Waals surface area contributed by atoms with Crippen LogP contribution in [0.25, 0.3) is 5.69 Å². The highest BCUT2D eigenvalue weighted by Gasteiger charge is 2.16. The minimum Gasteiger partial charge on any atom is -0.545 e. The summed E-state index contributed by atoms with van der Waals surface area (Å²) in [5.41, 5.74) is 0.897. The zero-order chi connectivity index (χ0) is 16.3. The number of carboxylic acid groups (broad SMARTS) is 1. The summed E-state index contributed by atoms with van der Waals surface area (Å²) in [5, 5.41) is 12.7. The minimum atomic E-state index is -1.48. The van der Waals surface area contributed by atoms with Crippen LogP contribution in [-0.4, -0.2) is 21.2 Å². The van der Waals surface area contributed by atoms with E-state index < -0.39 is 17.4 Å². The average Bonchev–Trinajstić information content (AvgIpc) is 2.70. The maximum Gasteiger partial charge on any atom is 0.295 e. The molecule has 1 aromatic carbocycles. The van der Waals surface area contributed by atoms with E-state index in [0.717, 1.165) is 6.08 Å². The quantitative estimate of drug-likeness (QED) is 0.786. The van der Waals surface area contributed by atoms with E-state index in [1.165, 1.54) is 4.68 Å². The summed E-state index contributed by atoms with van der Waals surface area (Å²) in [6, 6.07) is 8.96. The molecule has 0 bridgehead atoms. The van der Waals surface area contributed by atoms with Crippen LogP contribution in [0.5, 0.6) is 0 Å². The number of carbonyl (C=O) groups is 2. The molecular weight excluding hydrogens is 286 g/mol. The molecule has 0 aliphatic carbocycles. The summed E-state index contributed by atoms with van der Waals surface area (Å²) in [4.78, 5) is 34.4. The number of carboxylic acids is 1. The van der Waals surface area contributed by atoms with Crippen LogP contribution >= 0.6 is 0 Å². The van der Waals surface area contributed by atoms with Gasteiger partial charge >= 0.3 is 0 Å². The summed E-state index contributed by atoms with van der Waals surface area (Å²) >= 11 is 0. The number of carbonyl (C=O) groups excluding carboxylic acids is 2. The molecule has 0 atom stereocenters. The van der Waals surface area contributed by atoms with Gasteiger partial charge in [0.05, 0.1) is 17.4 Å². The molecule has 0 saturated heterocycles. The molecule has 1 N–H and O–H groups in total. The minimum absolute atomic E-state index is 0.0966. The molecule has 1 heterocycles. The Morgan fingerprint density at radius 1 is 1.18 bits per heavy atom. The number of aromatic nitrogens is 2. The SMILES string of the molecule is Cc1c(NC(=O)C=CC(=O)[O-])c(=O)n(-c2ccccc2)n1C. The number of anilines is 1. The van der Waals surface area contributed by atoms with E-state index in [9.17, 15) is 19.5 Å². The summed E-state index contributed by atoms with van der Waals surface area (Å²) in [6.07, 6.45) is 1.40. The second-order valence-electron chi connectivity index (χ2n) is 4.58. The molecule has 2 rings (SSSR count). The van der Waals surface area contributed by atoms with Crippen LogP contribution in [0.2, 0.25) is 0 Å². The van der Waals surface area contributed by atoms with Gasteiger partial charge in [0, 0.05) is 13.1 Å². The molecule has 0 aliphatic rings. The lowest BCUT2D eigenvalue weighted by Gasteiger charge is -2.07. The first kappa shape index (κ1) is 15.3. The first-order valence-electron chi connectivity index (χ1n) is 6.46. The second kappa shape index (κ2) is 6.13. The molecule has 22 heavy (non-hydrogen) atoms. The molecule has 7 heteroatoms. The summed E-state index contributed by atoms with van der Waals surface area (Å²) < 4.78 is 3.02. The van der Waals surface area contributed by atoms with E-state index in [0.29, 0.717) is 17.5 Å². The zero-order valence-corrected chi connectivity index (χ0v) is 12.1. The maximum atomic E-state index is 12.5. The number of hydrogen-bond donors (Lipinski definition) is 1. The van der Waals surface area contributed by atoms with E-state index in [-0.39, 0.29) is 5.69 Å². The van der Waals surface area contributed by atoms with Crippen molar-refractivity contribution in [2.75, 3.05) is 5.32 Å². The first-order valence-corrected chi connectivity index (χ1v) is 6.46. The zero-order valence-electron chi connectivity index (χ0n) is 12.1. The van der Waals surface area contributed by atoms with Gasteiger partial charge in [0.15, 0.2) is 0 Å². The van der Waals surface area contributed by atoms with Gasteiger partial charge in [-0.1, -0.05) is 18.2 Å². The van der Waals surface area contributed by atoms with Crippen molar-refractivity contribution in [3.05, 3.63) is 58.5 Å². The fourth-order valence-corrected chi connectivity index (χ4v) is 2.02. The average molecular weight is 300 g/mol. The van der Waals surface area contributed by atoms with Crippen molar-refractivity contribution >= 4 is 17.6 Å². The van der Waals surface area contributed by atoms with Crippen molar-refractivity contribution in [3.63, 3.8) is 0 Å². The molecule has 0 radical (unpaired) electrons. The maximum absolute atomic E-state index is 12.5. The number of para-hydroxylation sites is 1. The number of nitrogens with one attached hydrogen (secondary N) is 1. The third kappa shape index (κ3) is 2.98. The standard InChI is InChI=1S/C15H15N3O4/c1-10-14(16-12(19)8-9-13(20)21)15(22)18(17(10)2)11-6-4-3-5-7-11/h3-9H,1-2H3,(H,16,19)(H,20,21)/p-1. The smallest absolute Gasteiger partial charge is 0.295 e. The van der Waals surface area contributed by atoms with Crippen molar-refractivity contribution in [1.82, 2.24) is 9.36 Å². The van der Waals surface area contributed by atoms with Crippen molar-refractivity contribution < 1.29 is 14.7 Å². The van der Waals surface area contributed by atoms with Crippen LogP contribution in [0.4, 0.5) is 5.69 Å². The predicted molar refractivity (Wildman–Crippen MR) is 78.5 cm³/mol. The number of rotatable bonds is 4. The lowest BCUT2D eigenvalue weighted by Crippen LogP contribution is -2.23. The van der Waals surface area contributed by atoms with Crippen LogP contribution in [0.15, 0.2) is 47.3 Å². The molecule has 0 unspecified atom stereocenters. The van der Waals surface area contributed by atoms with E-state index >= 15 is 0 Å². The highest BCUT2D eigenvalue weighted by Crippen LogP contribution is 2.13. The normalized spacial score (nSPS) is 10.8. The lowest BCUT2D eigenvalue weighted by molar-refractivity contribution is -0.297. The van der Waals surface area contributed by atoms with Gasteiger partial charge < -0.3 is 15.2 Å². The summed E-state index contributed by atoms with van der Waals surface area (Å²) in [5.74, 6) is -2.20. The van der Waals surface area contributed by atoms with Crippen molar-refractivity contribution in [2.45, 2.75) is 6.92 Å². The van der Waals surface area contributed by atoms with Crippen LogP contribution in [0.3, 0.4) is 0 Å².